The van der Waals surface area contributed by atoms with Crippen molar-refractivity contribution in [2.24, 2.45) is 0 Å². The van der Waals surface area contributed by atoms with Gasteiger partial charge in [0.05, 0.1) is 5.52 Å². The Morgan fingerprint density at radius 1 is 1.06 bits per heavy atom. The Morgan fingerprint density at radius 2 is 1.88 bits per heavy atom. The van der Waals surface area contributed by atoms with E-state index >= 15 is 0 Å². The minimum Gasteiger partial charge on any atom is -0.281 e. The second-order valence-electron chi connectivity index (χ2n) is 4.39. The zero-order valence-electron chi connectivity index (χ0n) is 9.77. The molecule has 0 saturated heterocycles. The lowest BCUT2D eigenvalue weighted by Gasteiger charge is -1.99. The molecule has 2 heteroatoms. The highest BCUT2D eigenvalue weighted by Crippen LogP contribution is 2.19. The second-order valence-corrected chi connectivity index (χ2v) is 4.39. The molecule has 0 aliphatic carbocycles. The topological polar surface area (TPSA) is 28.7 Å². The fourth-order valence-electron chi connectivity index (χ4n) is 2.11. The fraction of sp³-hybridized carbons (Fsp3) is 0.133. The van der Waals surface area contributed by atoms with Crippen molar-refractivity contribution >= 4 is 10.9 Å². The third kappa shape index (κ3) is 1.94. The molecule has 0 aliphatic heterocycles. The van der Waals surface area contributed by atoms with Gasteiger partial charge < -0.3 is 0 Å². The standard InChI is InChI=1S/C15H14N2/c1-11-7-8-14-13(9-11)15(17-16-14)10-12-5-3-2-4-6-12/h2-9H,10H2,1H3,(H,16,17). The summed E-state index contributed by atoms with van der Waals surface area (Å²) in [6.07, 6.45) is 0.904. The molecule has 0 amide bonds. The summed E-state index contributed by atoms with van der Waals surface area (Å²) in [6.45, 7) is 2.11. The number of aromatic nitrogens is 2. The summed E-state index contributed by atoms with van der Waals surface area (Å²) in [5, 5.41) is 8.70. The smallest absolute Gasteiger partial charge is 0.0924 e. The molecule has 0 fully saturated rings. The van der Waals surface area contributed by atoms with E-state index in [9.17, 15) is 0 Å². The van der Waals surface area contributed by atoms with E-state index in [1.54, 1.807) is 0 Å². The van der Waals surface area contributed by atoms with Gasteiger partial charge in [0.25, 0.3) is 0 Å². The maximum absolute atomic E-state index is 4.33. The number of fused-ring (bicyclic) bond motifs is 1. The summed E-state index contributed by atoms with van der Waals surface area (Å²) in [5.74, 6) is 0. The van der Waals surface area contributed by atoms with Gasteiger partial charge in [-0.2, -0.15) is 5.10 Å². The van der Waals surface area contributed by atoms with Crippen LogP contribution in [-0.2, 0) is 6.42 Å². The summed E-state index contributed by atoms with van der Waals surface area (Å²) in [7, 11) is 0. The third-order valence-corrected chi connectivity index (χ3v) is 3.01. The van der Waals surface area contributed by atoms with Crippen LogP contribution in [0.25, 0.3) is 10.9 Å². The predicted octanol–water partition coefficient (Wildman–Crippen LogP) is 3.46. The number of hydrogen-bond donors (Lipinski definition) is 1. The molecule has 0 unspecified atom stereocenters. The van der Waals surface area contributed by atoms with Crippen molar-refractivity contribution in [1.29, 1.82) is 0 Å². The van der Waals surface area contributed by atoms with Crippen molar-refractivity contribution in [3.8, 4) is 0 Å². The Bertz CT molecular complexity index is 638. The number of nitrogens with one attached hydrogen (secondary N) is 1. The van der Waals surface area contributed by atoms with Gasteiger partial charge in [0.15, 0.2) is 0 Å². The molecule has 1 heterocycles. The number of aromatic amines is 1. The molecule has 1 aromatic heterocycles. The van der Waals surface area contributed by atoms with E-state index in [1.165, 1.54) is 22.2 Å². The molecule has 2 aromatic carbocycles. The second kappa shape index (κ2) is 4.06. The summed E-state index contributed by atoms with van der Waals surface area (Å²) < 4.78 is 0. The van der Waals surface area contributed by atoms with E-state index < -0.39 is 0 Å². The molecule has 3 rings (SSSR count). The number of rotatable bonds is 2. The Hall–Kier alpha value is -2.09. The molecule has 0 spiro atoms. The van der Waals surface area contributed by atoms with Crippen molar-refractivity contribution in [2.75, 3.05) is 0 Å². The van der Waals surface area contributed by atoms with Crippen LogP contribution < -0.4 is 0 Å². The molecule has 0 bridgehead atoms. The summed E-state index contributed by atoms with van der Waals surface area (Å²) >= 11 is 0. The summed E-state index contributed by atoms with van der Waals surface area (Å²) in [5.41, 5.74) is 4.81. The number of benzene rings is 2. The predicted molar refractivity (Wildman–Crippen MR) is 70.1 cm³/mol. The zero-order valence-corrected chi connectivity index (χ0v) is 9.77. The highest BCUT2D eigenvalue weighted by Gasteiger charge is 2.05. The Balaban J connectivity index is 2.03. The van der Waals surface area contributed by atoms with Crippen molar-refractivity contribution in [3.05, 3.63) is 65.4 Å². The molecule has 84 valence electrons. The SMILES string of the molecule is Cc1ccc2n[nH]c(Cc3ccccc3)c2c1. The fourth-order valence-corrected chi connectivity index (χ4v) is 2.11. The molecule has 2 nitrogen and oxygen atoms in total. The normalized spacial score (nSPS) is 10.9. The zero-order chi connectivity index (χ0) is 11.7. The van der Waals surface area contributed by atoms with Gasteiger partial charge in [-0.25, -0.2) is 0 Å². The maximum Gasteiger partial charge on any atom is 0.0924 e. The van der Waals surface area contributed by atoms with E-state index in [2.05, 4.69) is 59.6 Å². The van der Waals surface area contributed by atoms with E-state index in [1.807, 2.05) is 6.07 Å². The van der Waals surface area contributed by atoms with Crippen molar-refractivity contribution in [3.63, 3.8) is 0 Å². The monoisotopic (exact) mass is 222 g/mol. The van der Waals surface area contributed by atoms with Crippen LogP contribution in [0, 0.1) is 6.92 Å². The molecule has 17 heavy (non-hydrogen) atoms. The number of hydrogen-bond acceptors (Lipinski definition) is 1. The minimum atomic E-state index is 0.904. The first kappa shape index (κ1) is 10.1. The minimum absolute atomic E-state index is 0.904. The molecule has 1 N–H and O–H groups in total. The Morgan fingerprint density at radius 3 is 2.71 bits per heavy atom. The van der Waals surface area contributed by atoms with E-state index in [0.717, 1.165) is 11.9 Å². The average Bonchev–Trinajstić information content (AvgIpc) is 2.73. The van der Waals surface area contributed by atoms with Gasteiger partial charge in [-0.05, 0) is 24.6 Å². The third-order valence-electron chi connectivity index (χ3n) is 3.01. The van der Waals surface area contributed by atoms with Gasteiger partial charge in [0.1, 0.15) is 0 Å². The van der Waals surface area contributed by atoms with Crippen LogP contribution in [0.4, 0.5) is 0 Å². The maximum atomic E-state index is 4.33. The van der Waals surface area contributed by atoms with Crippen molar-refractivity contribution in [1.82, 2.24) is 10.2 Å². The number of nitrogens with zero attached hydrogens (tertiary/aromatic N) is 1. The molecule has 0 radical (unpaired) electrons. The summed E-state index contributed by atoms with van der Waals surface area (Å²) in [4.78, 5) is 0. The van der Waals surface area contributed by atoms with Gasteiger partial charge in [-0.3, -0.25) is 5.10 Å². The number of H-pyrrole nitrogens is 1. The van der Waals surface area contributed by atoms with E-state index in [0.29, 0.717) is 0 Å². The van der Waals surface area contributed by atoms with Crippen LogP contribution in [-0.4, -0.2) is 10.2 Å². The first-order valence-corrected chi connectivity index (χ1v) is 5.80. The highest BCUT2D eigenvalue weighted by atomic mass is 15.1. The van der Waals surface area contributed by atoms with Crippen LogP contribution in [0.15, 0.2) is 48.5 Å². The Labute approximate surface area is 100 Å². The van der Waals surface area contributed by atoms with Gasteiger partial charge in [-0.15, -0.1) is 0 Å². The van der Waals surface area contributed by atoms with Gasteiger partial charge >= 0.3 is 0 Å². The molecule has 0 aliphatic rings. The molecule has 0 saturated carbocycles. The molecule has 3 aromatic rings. The first-order valence-electron chi connectivity index (χ1n) is 5.80. The van der Waals surface area contributed by atoms with Gasteiger partial charge in [-0.1, -0.05) is 42.0 Å². The quantitative estimate of drug-likeness (QED) is 0.706. The van der Waals surface area contributed by atoms with Crippen LogP contribution in [0.2, 0.25) is 0 Å². The van der Waals surface area contributed by atoms with Gasteiger partial charge in [0.2, 0.25) is 0 Å². The lowest BCUT2D eigenvalue weighted by atomic mass is 10.1. The Kier molecular flexibility index (Phi) is 2.41. The van der Waals surface area contributed by atoms with Gasteiger partial charge in [0, 0.05) is 17.5 Å². The van der Waals surface area contributed by atoms with Crippen molar-refractivity contribution in [2.45, 2.75) is 13.3 Å². The van der Waals surface area contributed by atoms with Crippen LogP contribution in [0.3, 0.4) is 0 Å². The van der Waals surface area contributed by atoms with Crippen LogP contribution in [0.5, 0.6) is 0 Å². The first-order chi connectivity index (χ1) is 8.33. The van der Waals surface area contributed by atoms with Crippen molar-refractivity contribution < 1.29 is 0 Å². The lowest BCUT2D eigenvalue weighted by molar-refractivity contribution is 1.01. The number of aryl methyl sites for hydroxylation is 1. The molecular weight excluding hydrogens is 208 g/mol. The van der Waals surface area contributed by atoms with E-state index in [4.69, 9.17) is 0 Å². The average molecular weight is 222 g/mol. The highest BCUT2D eigenvalue weighted by molar-refractivity contribution is 5.82. The van der Waals surface area contributed by atoms with E-state index in [-0.39, 0.29) is 0 Å². The largest absolute Gasteiger partial charge is 0.281 e. The molecular formula is C15H14N2. The molecule has 0 atom stereocenters. The summed E-state index contributed by atoms with van der Waals surface area (Å²) in [6, 6.07) is 16.8. The van der Waals surface area contributed by atoms with Crippen LogP contribution in [0.1, 0.15) is 16.8 Å². The lowest BCUT2D eigenvalue weighted by Crippen LogP contribution is -1.88. The van der Waals surface area contributed by atoms with Crippen LogP contribution >= 0.6 is 0 Å².